The number of hydrogen-bond acceptors (Lipinski definition) is 4. The molecule has 0 radical (unpaired) electrons. The van der Waals surface area contributed by atoms with Crippen LogP contribution in [0.15, 0.2) is 0 Å². The van der Waals surface area contributed by atoms with E-state index < -0.39 is 17.7 Å². The minimum Gasteiger partial charge on any atom is -0.422 e. The highest BCUT2D eigenvalue weighted by Gasteiger charge is 2.51. The highest BCUT2D eigenvalue weighted by Crippen LogP contribution is 2.47. The van der Waals surface area contributed by atoms with E-state index in [9.17, 15) is 9.59 Å². The standard InChI is InChI=1S/C12H18O4/c1-8-5-11(2,3)7-12(6-8)15-9(13)4-10(14)16-12/h8H,4-7H2,1-3H3/t8-/m1/s1. The molecule has 1 spiro atoms. The normalized spacial score (nSPS) is 32.1. The van der Waals surface area contributed by atoms with E-state index in [0.29, 0.717) is 18.8 Å². The molecule has 0 aromatic rings. The van der Waals surface area contributed by atoms with Crippen LogP contribution in [-0.2, 0) is 19.1 Å². The maximum absolute atomic E-state index is 11.3. The third-order valence-corrected chi connectivity index (χ3v) is 3.20. The Bertz CT molecular complexity index is 316. The molecule has 2 aliphatic rings. The quantitative estimate of drug-likeness (QED) is 0.468. The first-order chi connectivity index (χ1) is 7.30. The Morgan fingerprint density at radius 2 is 1.69 bits per heavy atom. The van der Waals surface area contributed by atoms with Gasteiger partial charge in [0.1, 0.15) is 6.42 Å². The third-order valence-electron chi connectivity index (χ3n) is 3.20. The third kappa shape index (κ3) is 2.20. The Morgan fingerprint density at radius 1 is 1.12 bits per heavy atom. The molecule has 0 N–H and O–H groups in total. The van der Waals surface area contributed by atoms with E-state index in [1.54, 1.807) is 0 Å². The molecule has 2 fully saturated rings. The van der Waals surface area contributed by atoms with Crippen molar-refractivity contribution < 1.29 is 19.1 Å². The number of carbonyl (C=O) groups excluding carboxylic acids is 2. The zero-order valence-corrected chi connectivity index (χ0v) is 10.0. The van der Waals surface area contributed by atoms with Crippen molar-refractivity contribution in [2.45, 2.75) is 52.2 Å². The van der Waals surface area contributed by atoms with E-state index >= 15 is 0 Å². The molecule has 1 aliphatic carbocycles. The van der Waals surface area contributed by atoms with Crippen molar-refractivity contribution in [3.8, 4) is 0 Å². The Balaban J connectivity index is 2.23. The van der Waals surface area contributed by atoms with Crippen LogP contribution in [0.25, 0.3) is 0 Å². The monoisotopic (exact) mass is 226 g/mol. The molecular formula is C12H18O4. The van der Waals surface area contributed by atoms with E-state index in [1.807, 2.05) is 0 Å². The van der Waals surface area contributed by atoms with E-state index in [2.05, 4.69) is 20.8 Å². The molecule has 1 heterocycles. The van der Waals surface area contributed by atoms with Crippen LogP contribution in [0.3, 0.4) is 0 Å². The predicted octanol–water partition coefficient (Wildman–Crippen LogP) is 2.02. The van der Waals surface area contributed by atoms with Crippen LogP contribution in [0.2, 0.25) is 0 Å². The van der Waals surface area contributed by atoms with Gasteiger partial charge in [-0.3, -0.25) is 9.59 Å². The molecule has 0 aromatic carbocycles. The Morgan fingerprint density at radius 3 is 2.19 bits per heavy atom. The van der Waals surface area contributed by atoms with Crippen LogP contribution in [-0.4, -0.2) is 17.7 Å². The van der Waals surface area contributed by atoms with Gasteiger partial charge in [-0.1, -0.05) is 20.8 Å². The van der Waals surface area contributed by atoms with E-state index in [1.165, 1.54) is 0 Å². The summed E-state index contributed by atoms with van der Waals surface area (Å²) < 4.78 is 10.6. The van der Waals surface area contributed by atoms with Gasteiger partial charge in [-0.2, -0.15) is 0 Å². The summed E-state index contributed by atoms with van der Waals surface area (Å²) in [6.07, 6.45) is 2.02. The van der Waals surface area contributed by atoms with Crippen molar-refractivity contribution in [1.82, 2.24) is 0 Å². The molecule has 1 aliphatic heterocycles. The zero-order chi connectivity index (χ0) is 12.0. The smallest absolute Gasteiger partial charge is 0.320 e. The van der Waals surface area contributed by atoms with Crippen molar-refractivity contribution in [3.05, 3.63) is 0 Å². The van der Waals surface area contributed by atoms with Crippen LogP contribution in [0.4, 0.5) is 0 Å². The topological polar surface area (TPSA) is 52.6 Å². The summed E-state index contributed by atoms with van der Waals surface area (Å²) in [7, 11) is 0. The summed E-state index contributed by atoms with van der Waals surface area (Å²) in [5.41, 5.74) is 0.0373. The summed E-state index contributed by atoms with van der Waals surface area (Å²) in [4.78, 5) is 22.7. The summed E-state index contributed by atoms with van der Waals surface area (Å²) in [6.45, 7) is 6.32. The van der Waals surface area contributed by atoms with Crippen LogP contribution in [0.5, 0.6) is 0 Å². The Hall–Kier alpha value is -1.06. The number of rotatable bonds is 0. The fourth-order valence-electron chi connectivity index (χ4n) is 3.20. The fourth-order valence-corrected chi connectivity index (χ4v) is 3.20. The maximum atomic E-state index is 11.3. The molecule has 1 saturated heterocycles. The molecule has 0 aromatic heterocycles. The van der Waals surface area contributed by atoms with Crippen molar-refractivity contribution >= 4 is 11.9 Å². The van der Waals surface area contributed by atoms with Crippen molar-refractivity contribution in [2.24, 2.45) is 11.3 Å². The molecular weight excluding hydrogens is 208 g/mol. The van der Waals surface area contributed by atoms with Crippen LogP contribution >= 0.6 is 0 Å². The first-order valence-electron chi connectivity index (χ1n) is 5.74. The van der Waals surface area contributed by atoms with Crippen molar-refractivity contribution in [3.63, 3.8) is 0 Å². The molecule has 2 rings (SSSR count). The van der Waals surface area contributed by atoms with Crippen molar-refractivity contribution in [2.75, 3.05) is 0 Å². The van der Waals surface area contributed by atoms with Gasteiger partial charge in [0.25, 0.3) is 5.79 Å². The highest BCUT2D eigenvalue weighted by atomic mass is 16.7. The second kappa shape index (κ2) is 3.47. The average molecular weight is 226 g/mol. The van der Waals surface area contributed by atoms with Gasteiger partial charge in [0.15, 0.2) is 0 Å². The fraction of sp³-hybridized carbons (Fsp3) is 0.833. The predicted molar refractivity (Wildman–Crippen MR) is 56.3 cm³/mol. The van der Waals surface area contributed by atoms with Gasteiger partial charge >= 0.3 is 11.9 Å². The number of carbonyl (C=O) groups is 2. The molecule has 4 heteroatoms. The summed E-state index contributed by atoms with van der Waals surface area (Å²) in [5.74, 6) is -1.52. The van der Waals surface area contributed by atoms with E-state index in [-0.39, 0.29) is 11.8 Å². The van der Waals surface area contributed by atoms with Crippen molar-refractivity contribution in [1.29, 1.82) is 0 Å². The SMILES string of the molecule is C[C@@H]1CC(C)(C)CC2(C1)OC(=O)CC(=O)O2. The van der Waals surface area contributed by atoms with Gasteiger partial charge in [-0.25, -0.2) is 0 Å². The van der Waals surface area contributed by atoms with E-state index in [4.69, 9.17) is 9.47 Å². The lowest BCUT2D eigenvalue weighted by molar-refractivity contribution is -0.267. The summed E-state index contributed by atoms with van der Waals surface area (Å²) in [6, 6.07) is 0. The molecule has 0 amide bonds. The first kappa shape index (κ1) is 11.4. The maximum Gasteiger partial charge on any atom is 0.320 e. The van der Waals surface area contributed by atoms with Crippen LogP contribution < -0.4 is 0 Å². The largest absolute Gasteiger partial charge is 0.422 e. The molecule has 16 heavy (non-hydrogen) atoms. The van der Waals surface area contributed by atoms with Gasteiger partial charge in [-0.15, -0.1) is 0 Å². The lowest BCUT2D eigenvalue weighted by Crippen LogP contribution is -2.51. The zero-order valence-electron chi connectivity index (χ0n) is 10.0. The number of esters is 2. The second-order valence-corrected chi connectivity index (χ2v) is 5.89. The second-order valence-electron chi connectivity index (χ2n) is 5.89. The minimum absolute atomic E-state index is 0.0373. The van der Waals surface area contributed by atoms with Gasteiger partial charge in [-0.05, 0) is 17.8 Å². The Labute approximate surface area is 95.3 Å². The molecule has 1 saturated carbocycles. The first-order valence-corrected chi connectivity index (χ1v) is 5.74. The summed E-state index contributed by atoms with van der Waals surface area (Å²) in [5, 5.41) is 0. The molecule has 90 valence electrons. The molecule has 0 unspecified atom stereocenters. The van der Waals surface area contributed by atoms with Gasteiger partial charge in [0, 0.05) is 12.8 Å². The van der Waals surface area contributed by atoms with Gasteiger partial charge < -0.3 is 9.47 Å². The van der Waals surface area contributed by atoms with Gasteiger partial charge in [0.2, 0.25) is 0 Å². The van der Waals surface area contributed by atoms with Gasteiger partial charge in [0.05, 0.1) is 0 Å². The van der Waals surface area contributed by atoms with Crippen LogP contribution in [0, 0.1) is 11.3 Å². The lowest BCUT2D eigenvalue weighted by Gasteiger charge is -2.46. The molecule has 1 atom stereocenters. The van der Waals surface area contributed by atoms with Crippen LogP contribution in [0.1, 0.15) is 46.5 Å². The summed E-state index contributed by atoms with van der Waals surface area (Å²) >= 11 is 0. The Kier molecular flexibility index (Phi) is 2.48. The van der Waals surface area contributed by atoms with E-state index in [0.717, 1.165) is 6.42 Å². The highest BCUT2D eigenvalue weighted by molar-refractivity contribution is 5.93. The number of hydrogen-bond donors (Lipinski definition) is 0. The minimum atomic E-state index is -0.992. The number of ether oxygens (including phenoxy) is 2. The molecule has 0 bridgehead atoms. The lowest BCUT2D eigenvalue weighted by atomic mass is 9.69. The molecule has 4 nitrogen and oxygen atoms in total. The average Bonchev–Trinajstić information content (AvgIpc) is 1.93.